The average Bonchev–Trinajstić information content (AvgIpc) is 2.78. The Morgan fingerprint density at radius 1 is 1.30 bits per heavy atom. The van der Waals surface area contributed by atoms with Gasteiger partial charge in [-0.15, -0.1) is 5.10 Å². The Labute approximate surface area is 124 Å². The highest BCUT2D eigenvalue weighted by atomic mass is 32.1. The minimum Gasteiger partial charge on any atom is -0.374 e. The lowest BCUT2D eigenvalue weighted by atomic mass is 10.0. The van der Waals surface area contributed by atoms with Crippen LogP contribution in [0, 0.1) is 0 Å². The summed E-state index contributed by atoms with van der Waals surface area (Å²) in [5, 5.41) is 8.74. The Bertz CT molecular complexity index is 567. The number of nitrogens with one attached hydrogen (secondary N) is 1. The van der Waals surface area contributed by atoms with E-state index in [0.717, 1.165) is 36.9 Å². The van der Waals surface area contributed by atoms with Gasteiger partial charge in [-0.2, -0.15) is 0 Å². The number of fused-ring (bicyclic) bond motifs is 1. The van der Waals surface area contributed by atoms with Crippen LogP contribution in [0.4, 0.5) is 5.00 Å². The second kappa shape index (κ2) is 6.33. The van der Waals surface area contributed by atoms with Gasteiger partial charge in [0.25, 0.3) is 0 Å². The zero-order chi connectivity index (χ0) is 13.8. The van der Waals surface area contributed by atoms with Crippen LogP contribution in [0.25, 0.3) is 0 Å². The first kappa shape index (κ1) is 13.5. The first-order valence-electron chi connectivity index (χ1n) is 7.21. The van der Waals surface area contributed by atoms with Crippen molar-refractivity contribution in [3.63, 3.8) is 0 Å². The van der Waals surface area contributed by atoms with E-state index in [2.05, 4.69) is 51.0 Å². The van der Waals surface area contributed by atoms with Crippen LogP contribution in [0.15, 0.2) is 24.3 Å². The quantitative estimate of drug-likeness (QED) is 0.939. The molecular weight excluding hydrogens is 268 g/mol. The van der Waals surface area contributed by atoms with E-state index in [1.807, 2.05) is 0 Å². The number of benzene rings is 1. The van der Waals surface area contributed by atoms with Crippen LogP contribution in [-0.4, -0.2) is 27.6 Å². The molecule has 0 fully saturated rings. The second-order valence-corrected chi connectivity index (χ2v) is 5.92. The second-order valence-electron chi connectivity index (χ2n) is 5.16. The van der Waals surface area contributed by atoms with Gasteiger partial charge in [-0.05, 0) is 37.4 Å². The van der Waals surface area contributed by atoms with Gasteiger partial charge in [0, 0.05) is 31.2 Å². The number of hydrogen-bond donors (Lipinski definition) is 1. The summed E-state index contributed by atoms with van der Waals surface area (Å²) in [4.78, 5) is 2.48. The minimum atomic E-state index is 0.882. The fraction of sp³-hybridized carbons (Fsp3) is 0.467. The van der Waals surface area contributed by atoms with Crippen molar-refractivity contribution in [3.05, 3.63) is 41.1 Å². The lowest BCUT2D eigenvalue weighted by molar-refractivity contribution is 0.258. The number of anilines is 1. The van der Waals surface area contributed by atoms with Gasteiger partial charge in [-0.3, -0.25) is 4.90 Å². The molecule has 0 atom stereocenters. The van der Waals surface area contributed by atoms with Gasteiger partial charge in [0.2, 0.25) is 0 Å². The van der Waals surface area contributed by atoms with Gasteiger partial charge in [-0.25, -0.2) is 0 Å². The number of aryl methyl sites for hydroxylation is 1. The van der Waals surface area contributed by atoms with E-state index in [0.29, 0.717) is 0 Å². The average molecular weight is 288 g/mol. The molecule has 1 aliphatic rings. The maximum absolute atomic E-state index is 4.28. The molecule has 1 aliphatic heterocycles. The molecule has 106 valence electrons. The zero-order valence-electron chi connectivity index (χ0n) is 11.8. The SMILES string of the molecule is CCNc1snnc1CN1CCCc2ccccc2C1. The molecule has 0 saturated heterocycles. The summed E-state index contributed by atoms with van der Waals surface area (Å²) >= 11 is 1.45. The lowest BCUT2D eigenvalue weighted by Crippen LogP contribution is -2.23. The van der Waals surface area contributed by atoms with E-state index in [9.17, 15) is 0 Å². The summed E-state index contributed by atoms with van der Waals surface area (Å²) in [6, 6.07) is 8.78. The summed E-state index contributed by atoms with van der Waals surface area (Å²) in [7, 11) is 0. The molecule has 2 heterocycles. The molecule has 0 bridgehead atoms. The topological polar surface area (TPSA) is 41.1 Å². The minimum absolute atomic E-state index is 0.882. The van der Waals surface area contributed by atoms with Crippen molar-refractivity contribution in [1.29, 1.82) is 0 Å². The molecular formula is C15H20N4S. The molecule has 0 amide bonds. The first-order chi connectivity index (χ1) is 9.86. The molecule has 5 heteroatoms. The van der Waals surface area contributed by atoms with Crippen molar-refractivity contribution in [2.45, 2.75) is 32.9 Å². The molecule has 0 radical (unpaired) electrons. The molecule has 2 aromatic rings. The van der Waals surface area contributed by atoms with E-state index in [1.165, 1.54) is 35.5 Å². The van der Waals surface area contributed by atoms with Gasteiger partial charge in [0.05, 0.1) is 0 Å². The molecule has 1 N–H and O–H groups in total. The van der Waals surface area contributed by atoms with Crippen LogP contribution in [-0.2, 0) is 19.5 Å². The maximum atomic E-state index is 4.28. The van der Waals surface area contributed by atoms with Crippen molar-refractivity contribution in [2.24, 2.45) is 0 Å². The Balaban J connectivity index is 1.73. The summed E-state index contributed by atoms with van der Waals surface area (Å²) in [5.74, 6) is 0. The van der Waals surface area contributed by atoms with Crippen molar-refractivity contribution in [2.75, 3.05) is 18.4 Å². The van der Waals surface area contributed by atoms with Crippen LogP contribution < -0.4 is 5.32 Å². The molecule has 20 heavy (non-hydrogen) atoms. The summed E-state index contributed by atoms with van der Waals surface area (Å²) in [6.45, 7) is 6.04. The third-order valence-corrected chi connectivity index (χ3v) is 4.43. The van der Waals surface area contributed by atoms with Crippen LogP contribution in [0.2, 0.25) is 0 Å². The highest BCUT2D eigenvalue weighted by Crippen LogP contribution is 2.23. The molecule has 0 aliphatic carbocycles. The Morgan fingerprint density at radius 2 is 2.15 bits per heavy atom. The van der Waals surface area contributed by atoms with Gasteiger partial charge >= 0.3 is 0 Å². The highest BCUT2D eigenvalue weighted by molar-refractivity contribution is 7.10. The van der Waals surface area contributed by atoms with Gasteiger partial charge in [-0.1, -0.05) is 28.8 Å². The van der Waals surface area contributed by atoms with Gasteiger partial charge in [0.1, 0.15) is 10.7 Å². The lowest BCUT2D eigenvalue weighted by Gasteiger charge is -2.19. The maximum Gasteiger partial charge on any atom is 0.134 e. The number of nitrogens with zero attached hydrogens (tertiary/aromatic N) is 3. The summed E-state index contributed by atoms with van der Waals surface area (Å²) in [5.41, 5.74) is 4.03. The Hall–Kier alpha value is -1.46. The third kappa shape index (κ3) is 2.99. The van der Waals surface area contributed by atoms with Gasteiger partial charge in [0.15, 0.2) is 0 Å². The van der Waals surface area contributed by atoms with Crippen LogP contribution in [0.3, 0.4) is 0 Å². The van der Waals surface area contributed by atoms with E-state index < -0.39 is 0 Å². The molecule has 3 rings (SSSR count). The van der Waals surface area contributed by atoms with Crippen molar-refractivity contribution < 1.29 is 0 Å². The Morgan fingerprint density at radius 3 is 3.00 bits per heavy atom. The largest absolute Gasteiger partial charge is 0.374 e. The number of rotatable bonds is 4. The molecule has 1 aromatic carbocycles. The van der Waals surface area contributed by atoms with Crippen molar-refractivity contribution in [3.8, 4) is 0 Å². The van der Waals surface area contributed by atoms with Crippen molar-refractivity contribution >= 4 is 16.5 Å². The summed E-state index contributed by atoms with van der Waals surface area (Å²) < 4.78 is 4.08. The van der Waals surface area contributed by atoms with Crippen LogP contribution in [0.1, 0.15) is 30.2 Å². The fourth-order valence-electron chi connectivity index (χ4n) is 2.72. The van der Waals surface area contributed by atoms with E-state index in [1.54, 1.807) is 0 Å². The molecule has 0 unspecified atom stereocenters. The van der Waals surface area contributed by atoms with Crippen molar-refractivity contribution in [1.82, 2.24) is 14.5 Å². The van der Waals surface area contributed by atoms with Crippen LogP contribution in [0.5, 0.6) is 0 Å². The van der Waals surface area contributed by atoms with E-state index in [-0.39, 0.29) is 0 Å². The number of hydrogen-bond acceptors (Lipinski definition) is 5. The predicted octanol–water partition coefficient (Wildman–Crippen LogP) is 2.92. The standard InChI is InChI=1S/C15H20N4S/c1-2-16-15-14(17-18-20-15)11-19-9-5-8-12-6-3-4-7-13(12)10-19/h3-4,6-7,16H,2,5,8-11H2,1H3. The van der Waals surface area contributed by atoms with E-state index >= 15 is 0 Å². The van der Waals surface area contributed by atoms with E-state index in [4.69, 9.17) is 0 Å². The van der Waals surface area contributed by atoms with Gasteiger partial charge < -0.3 is 5.32 Å². The monoisotopic (exact) mass is 288 g/mol. The first-order valence-corrected chi connectivity index (χ1v) is 7.98. The zero-order valence-corrected chi connectivity index (χ0v) is 12.6. The number of aromatic nitrogens is 2. The predicted molar refractivity (Wildman–Crippen MR) is 82.9 cm³/mol. The highest BCUT2D eigenvalue weighted by Gasteiger charge is 2.17. The molecule has 0 spiro atoms. The normalized spacial score (nSPS) is 15.7. The summed E-state index contributed by atoms with van der Waals surface area (Å²) in [6.07, 6.45) is 2.40. The molecule has 1 aromatic heterocycles. The Kier molecular flexibility index (Phi) is 4.28. The van der Waals surface area contributed by atoms with Crippen LogP contribution >= 0.6 is 11.5 Å². The fourth-order valence-corrected chi connectivity index (χ4v) is 3.36. The smallest absolute Gasteiger partial charge is 0.134 e. The molecule has 0 saturated carbocycles. The molecule has 4 nitrogen and oxygen atoms in total. The third-order valence-electron chi connectivity index (χ3n) is 3.70.